The van der Waals surface area contributed by atoms with Crippen LogP contribution in [0, 0.1) is 0 Å². The van der Waals surface area contributed by atoms with E-state index in [1.54, 1.807) is 11.3 Å². The fourth-order valence-corrected chi connectivity index (χ4v) is 2.75. The number of aromatic nitrogens is 1. The summed E-state index contributed by atoms with van der Waals surface area (Å²) in [7, 11) is 0. The molecule has 0 aliphatic carbocycles. The number of ether oxygens (including phenoxy) is 1. The molecule has 1 aliphatic rings. The lowest BCUT2D eigenvalue weighted by molar-refractivity contribution is 0.122. The number of rotatable bonds is 2. The van der Waals surface area contributed by atoms with E-state index < -0.39 is 0 Å². The Morgan fingerprint density at radius 1 is 1.50 bits per heavy atom. The van der Waals surface area contributed by atoms with Gasteiger partial charge in [-0.2, -0.15) is 0 Å². The molecule has 2 rings (SSSR count). The van der Waals surface area contributed by atoms with E-state index in [1.165, 1.54) is 4.88 Å². The lowest BCUT2D eigenvalue weighted by atomic mass is 10.4. The summed E-state index contributed by atoms with van der Waals surface area (Å²) in [6.07, 6.45) is 0.959. The van der Waals surface area contributed by atoms with Crippen LogP contribution in [0.25, 0.3) is 0 Å². The molecular formula is C9H13ClN2OS. The molecule has 0 amide bonds. The van der Waals surface area contributed by atoms with Crippen LogP contribution < -0.4 is 4.90 Å². The summed E-state index contributed by atoms with van der Waals surface area (Å²) in [5.74, 6) is 0. The van der Waals surface area contributed by atoms with Gasteiger partial charge in [-0.05, 0) is 6.42 Å². The molecule has 1 aromatic rings. The quantitative estimate of drug-likeness (QED) is 0.782. The van der Waals surface area contributed by atoms with Crippen LogP contribution in [0.2, 0.25) is 5.15 Å². The normalized spacial score (nSPS) is 17.4. The zero-order valence-corrected chi connectivity index (χ0v) is 9.70. The molecule has 0 saturated carbocycles. The van der Waals surface area contributed by atoms with E-state index in [2.05, 4.69) is 16.8 Å². The lowest BCUT2D eigenvalue weighted by Gasteiger charge is -2.25. The maximum Gasteiger partial charge on any atom is 0.187 e. The molecular weight excluding hydrogens is 220 g/mol. The molecule has 2 heterocycles. The van der Waals surface area contributed by atoms with Crippen molar-refractivity contribution in [3.8, 4) is 0 Å². The van der Waals surface area contributed by atoms with Crippen molar-refractivity contribution >= 4 is 28.1 Å². The molecule has 0 aromatic carbocycles. The third-order valence-corrected chi connectivity index (χ3v) is 3.93. The first-order valence-electron chi connectivity index (χ1n) is 4.79. The Morgan fingerprint density at radius 2 is 2.21 bits per heavy atom. The maximum atomic E-state index is 6.01. The Kier molecular flexibility index (Phi) is 3.26. The zero-order valence-electron chi connectivity index (χ0n) is 8.12. The highest BCUT2D eigenvalue weighted by molar-refractivity contribution is 7.16. The van der Waals surface area contributed by atoms with Gasteiger partial charge in [0.15, 0.2) is 5.13 Å². The highest BCUT2D eigenvalue weighted by Crippen LogP contribution is 2.30. The molecule has 5 heteroatoms. The fraction of sp³-hybridized carbons (Fsp3) is 0.667. The standard InChI is InChI=1S/C9H13ClN2OS/c1-2-7-8(10)11-9(14-7)12-3-5-13-6-4-12/h2-6H2,1H3. The van der Waals surface area contributed by atoms with E-state index in [1.807, 2.05) is 0 Å². The first kappa shape index (κ1) is 10.2. The Hall–Kier alpha value is -0.320. The predicted molar refractivity (Wildman–Crippen MR) is 59.5 cm³/mol. The van der Waals surface area contributed by atoms with Crippen LogP contribution in [0.5, 0.6) is 0 Å². The van der Waals surface area contributed by atoms with Crippen LogP contribution in [0.4, 0.5) is 5.13 Å². The molecule has 3 nitrogen and oxygen atoms in total. The number of hydrogen-bond donors (Lipinski definition) is 0. The average Bonchev–Trinajstić information content (AvgIpc) is 2.61. The number of hydrogen-bond acceptors (Lipinski definition) is 4. The molecule has 0 spiro atoms. The van der Waals surface area contributed by atoms with Crippen LogP contribution >= 0.6 is 22.9 Å². The van der Waals surface area contributed by atoms with Crippen molar-refractivity contribution in [2.24, 2.45) is 0 Å². The molecule has 1 saturated heterocycles. The third-order valence-electron chi connectivity index (χ3n) is 2.24. The number of anilines is 1. The summed E-state index contributed by atoms with van der Waals surface area (Å²) in [5, 5.41) is 1.70. The lowest BCUT2D eigenvalue weighted by Crippen LogP contribution is -2.36. The van der Waals surface area contributed by atoms with Gasteiger partial charge in [0.05, 0.1) is 13.2 Å². The Bertz CT molecular complexity index is 310. The fourth-order valence-electron chi connectivity index (χ4n) is 1.43. The summed E-state index contributed by atoms with van der Waals surface area (Å²) in [5.41, 5.74) is 0. The summed E-state index contributed by atoms with van der Waals surface area (Å²) >= 11 is 7.70. The number of aryl methyl sites for hydroxylation is 1. The van der Waals surface area contributed by atoms with E-state index in [0.29, 0.717) is 5.15 Å². The van der Waals surface area contributed by atoms with Crippen molar-refractivity contribution < 1.29 is 4.74 Å². The second-order valence-corrected chi connectivity index (χ2v) is 4.58. The van der Waals surface area contributed by atoms with Crippen LogP contribution in [-0.4, -0.2) is 31.3 Å². The Labute approximate surface area is 92.7 Å². The molecule has 0 N–H and O–H groups in total. The Balaban J connectivity index is 2.14. The number of morpholine rings is 1. The second-order valence-electron chi connectivity index (χ2n) is 3.16. The van der Waals surface area contributed by atoms with E-state index in [0.717, 1.165) is 37.9 Å². The first-order valence-corrected chi connectivity index (χ1v) is 5.98. The van der Waals surface area contributed by atoms with Gasteiger partial charge >= 0.3 is 0 Å². The molecule has 1 fully saturated rings. The number of halogens is 1. The van der Waals surface area contributed by atoms with E-state index >= 15 is 0 Å². The van der Waals surface area contributed by atoms with Crippen molar-refractivity contribution in [2.45, 2.75) is 13.3 Å². The van der Waals surface area contributed by atoms with Gasteiger partial charge in [0.2, 0.25) is 0 Å². The van der Waals surface area contributed by atoms with Gasteiger partial charge in [0, 0.05) is 18.0 Å². The van der Waals surface area contributed by atoms with Crippen molar-refractivity contribution in [1.29, 1.82) is 0 Å². The molecule has 14 heavy (non-hydrogen) atoms. The van der Waals surface area contributed by atoms with Gasteiger partial charge in [-0.15, -0.1) is 11.3 Å². The second kappa shape index (κ2) is 4.47. The van der Waals surface area contributed by atoms with Crippen LogP contribution in [0.1, 0.15) is 11.8 Å². The summed E-state index contributed by atoms with van der Waals surface area (Å²) in [4.78, 5) is 7.77. The topological polar surface area (TPSA) is 25.4 Å². The molecule has 1 aromatic heterocycles. The molecule has 0 atom stereocenters. The van der Waals surface area contributed by atoms with E-state index in [9.17, 15) is 0 Å². The van der Waals surface area contributed by atoms with E-state index in [4.69, 9.17) is 16.3 Å². The van der Waals surface area contributed by atoms with Crippen LogP contribution in [0.3, 0.4) is 0 Å². The highest BCUT2D eigenvalue weighted by atomic mass is 35.5. The van der Waals surface area contributed by atoms with Gasteiger partial charge < -0.3 is 9.64 Å². The highest BCUT2D eigenvalue weighted by Gasteiger charge is 2.16. The van der Waals surface area contributed by atoms with Gasteiger partial charge in [-0.3, -0.25) is 0 Å². The molecule has 1 aliphatic heterocycles. The van der Waals surface area contributed by atoms with Crippen molar-refractivity contribution in [3.63, 3.8) is 0 Å². The average molecular weight is 233 g/mol. The third kappa shape index (κ3) is 2.02. The molecule has 0 bridgehead atoms. The minimum Gasteiger partial charge on any atom is -0.378 e. The predicted octanol–water partition coefficient (Wildman–Crippen LogP) is 2.20. The first-order chi connectivity index (χ1) is 6.81. The smallest absolute Gasteiger partial charge is 0.187 e. The minimum atomic E-state index is 0.666. The van der Waals surface area contributed by atoms with Crippen LogP contribution in [-0.2, 0) is 11.2 Å². The van der Waals surface area contributed by atoms with Crippen molar-refractivity contribution in [2.75, 3.05) is 31.2 Å². The summed E-state index contributed by atoms with van der Waals surface area (Å²) < 4.78 is 5.29. The monoisotopic (exact) mass is 232 g/mol. The largest absolute Gasteiger partial charge is 0.378 e. The molecule has 78 valence electrons. The van der Waals surface area contributed by atoms with Crippen molar-refractivity contribution in [1.82, 2.24) is 4.98 Å². The van der Waals surface area contributed by atoms with E-state index in [-0.39, 0.29) is 0 Å². The number of nitrogens with zero attached hydrogens (tertiary/aromatic N) is 2. The molecule has 0 unspecified atom stereocenters. The minimum absolute atomic E-state index is 0.666. The van der Waals surface area contributed by atoms with Crippen LogP contribution in [0.15, 0.2) is 0 Å². The van der Waals surface area contributed by atoms with Crippen molar-refractivity contribution in [3.05, 3.63) is 10.0 Å². The van der Waals surface area contributed by atoms with Gasteiger partial charge in [0.1, 0.15) is 5.15 Å². The van der Waals surface area contributed by atoms with Gasteiger partial charge in [-0.25, -0.2) is 4.98 Å². The molecule has 0 radical (unpaired) electrons. The SMILES string of the molecule is CCc1sc(N2CCOCC2)nc1Cl. The van der Waals surface area contributed by atoms with Gasteiger partial charge in [0.25, 0.3) is 0 Å². The number of thiazole rings is 1. The maximum absolute atomic E-state index is 6.01. The van der Waals surface area contributed by atoms with Gasteiger partial charge in [-0.1, -0.05) is 18.5 Å². The Morgan fingerprint density at radius 3 is 2.79 bits per heavy atom. The zero-order chi connectivity index (χ0) is 9.97. The summed E-state index contributed by atoms with van der Waals surface area (Å²) in [6, 6.07) is 0. The summed E-state index contributed by atoms with van der Waals surface area (Å²) in [6.45, 7) is 5.53.